The van der Waals surface area contributed by atoms with E-state index in [2.05, 4.69) is 51.9 Å². The molecule has 0 aliphatic rings. The largest absolute Gasteiger partial charge is 0.349 e. The molecule has 3 heteroatoms. The number of nitrogens with two attached hydrogens (primary N) is 1. The molecule has 0 spiro atoms. The second-order valence-electron chi connectivity index (χ2n) is 4.15. The van der Waals surface area contributed by atoms with E-state index in [1.54, 1.807) is 0 Å². The van der Waals surface area contributed by atoms with E-state index >= 15 is 0 Å². The van der Waals surface area contributed by atoms with Crippen molar-refractivity contribution < 1.29 is 0 Å². The SMILES string of the molecule is Cn1cc(Br)c2cccc(CCCCN)c21. The van der Waals surface area contributed by atoms with Gasteiger partial charge in [0.05, 0.1) is 5.52 Å². The predicted molar refractivity (Wildman–Crippen MR) is 72.6 cm³/mol. The molecule has 1 heterocycles. The van der Waals surface area contributed by atoms with Crippen molar-refractivity contribution in [3.05, 3.63) is 34.4 Å². The summed E-state index contributed by atoms with van der Waals surface area (Å²) in [6.07, 6.45) is 5.50. The van der Waals surface area contributed by atoms with Crippen LogP contribution < -0.4 is 5.73 Å². The number of hydrogen-bond acceptors (Lipinski definition) is 1. The first-order valence-electron chi connectivity index (χ1n) is 5.66. The summed E-state index contributed by atoms with van der Waals surface area (Å²) in [6, 6.07) is 6.50. The molecule has 0 radical (unpaired) electrons. The second kappa shape index (κ2) is 5.02. The molecule has 0 aliphatic carbocycles. The lowest BCUT2D eigenvalue weighted by atomic mass is 10.1. The predicted octanol–water partition coefficient (Wildman–Crippen LogP) is 3.22. The molecule has 2 rings (SSSR count). The van der Waals surface area contributed by atoms with Crippen LogP contribution in [0.1, 0.15) is 18.4 Å². The zero-order valence-electron chi connectivity index (χ0n) is 9.54. The molecule has 86 valence electrons. The molecule has 0 saturated heterocycles. The highest BCUT2D eigenvalue weighted by Crippen LogP contribution is 2.28. The Balaban J connectivity index is 2.37. The lowest BCUT2D eigenvalue weighted by Gasteiger charge is -2.05. The Morgan fingerprint density at radius 1 is 1.31 bits per heavy atom. The lowest BCUT2D eigenvalue weighted by Crippen LogP contribution is -1.99. The molecule has 0 amide bonds. The van der Waals surface area contributed by atoms with Crippen LogP contribution in [0.15, 0.2) is 28.9 Å². The molecule has 0 aliphatic heterocycles. The third-order valence-corrected chi connectivity index (χ3v) is 3.57. The summed E-state index contributed by atoms with van der Waals surface area (Å²) in [4.78, 5) is 0. The topological polar surface area (TPSA) is 30.9 Å². The van der Waals surface area contributed by atoms with Gasteiger partial charge in [0.25, 0.3) is 0 Å². The van der Waals surface area contributed by atoms with Crippen molar-refractivity contribution in [3.63, 3.8) is 0 Å². The fourth-order valence-corrected chi connectivity index (χ4v) is 2.79. The number of benzene rings is 1. The van der Waals surface area contributed by atoms with Gasteiger partial charge in [-0.3, -0.25) is 0 Å². The molecule has 0 fully saturated rings. The van der Waals surface area contributed by atoms with Crippen molar-refractivity contribution >= 4 is 26.8 Å². The molecule has 2 N–H and O–H groups in total. The fraction of sp³-hybridized carbons (Fsp3) is 0.385. The first kappa shape index (κ1) is 11.7. The van der Waals surface area contributed by atoms with Crippen LogP contribution in [0, 0.1) is 0 Å². The van der Waals surface area contributed by atoms with Crippen LogP contribution in [0.2, 0.25) is 0 Å². The van der Waals surface area contributed by atoms with Crippen LogP contribution in [0.5, 0.6) is 0 Å². The Hall–Kier alpha value is -0.800. The average Bonchev–Trinajstić information content (AvgIpc) is 2.56. The van der Waals surface area contributed by atoms with E-state index in [0.29, 0.717) is 0 Å². The number of aryl methyl sites for hydroxylation is 2. The summed E-state index contributed by atoms with van der Waals surface area (Å²) in [5.74, 6) is 0. The fourth-order valence-electron chi connectivity index (χ4n) is 2.17. The number of para-hydroxylation sites is 1. The van der Waals surface area contributed by atoms with E-state index in [1.165, 1.54) is 27.4 Å². The van der Waals surface area contributed by atoms with Crippen LogP contribution in [0.3, 0.4) is 0 Å². The third kappa shape index (κ3) is 2.15. The summed E-state index contributed by atoms with van der Waals surface area (Å²) >= 11 is 3.59. The van der Waals surface area contributed by atoms with Gasteiger partial charge in [-0.15, -0.1) is 0 Å². The van der Waals surface area contributed by atoms with Crippen LogP contribution in [-0.4, -0.2) is 11.1 Å². The van der Waals surface area contributed by atoms with Crippen molar-refractivity contribution in [2.75, 3.05) is 6.54 Å². The Labute approximate surface area is 105 Å². The van der Waals surface area contributed by atoms with Gasteiger partial charge in [-0.25, -0.2) is 0 Å². The van der Waals surface area contributed by atoms with E-state index in [0.717, 1.165) is 19.4 Å². The molecule has 1 aromatic carbocycles. The summed E-state index contributed by atoms with van der Waals surface area (Å²) in [5, 5.41) is 1.30. The molecule has 2 nitrogen and oxygen atoms in total. The Morgan fingerprint density at radius 3 is 2.88 bits per heavy atom. The molecular formula is C13H17BrN2. The van der Waals surface area contributed by atoms with Crippen LogP contribution in [0.25, 0.3) is 10.9 Å². The number of nitrogens with zero attached hydrogens (tertiary/aromatic N) is 1. The average molecular weight is 281 g/mol. The molecule has 0 atom stereocenters. The first-order chi connectivity index (χ1) is 7.74. The monoisotopic (exact) mass is 280 g/mol. The number of halogens is 1. The molecular weight excluding hydrogens is 264 g/mol. The third-order valence-electron chi connectivity index (χ3n) is 2.94. The molecule has 16 heavy (non-hydrogen) atoms. The van der Waals surface area contributed by atoms with Gasteiger partial charge in [0, 0.05) is 23.1 Å². The molecule has 0 saturated carbocycles. The van der Waals surface area contributed by atoms with E-state index < -0.39 is 0 Å². The highest BCUT2D eigenvalue weighted by atomic mass is 79.9. The number of rotatable bonds is 4. The van der Waals surface area contributed by atoms with E-state index in [9.17, 15) is 0 Å². The summed E-state index contributed by atoms with van der Waals surface area (Å²) in [5.41, 5.74) is 8.28. The Kier molecular flexibility index (Phi) is 3.66. The maximum absolute atomic E-state index is 5.53. The van der Waals surface area contributed by atoms with Gasteiger partial charge in [-0.05, 0) is 47.3 Å². The van der Waals surface area contributed by atoms with Crippen molar-refractivity contribution in [1.29, 1.82) is 0 Å². The van der Waals surface area contributed by atoms with E-state index in [1.807, 2.05) is 0 Å². The van der Waals surface area contributed by atoms with Crippen molar-refractivity contribution in [3.8, 4) is 0 Å². The molecule has 2 aromatic rings. The highest BCUT2D eigenvalue weighted by molar-refractivity contribution is 9.10. The first-order valence-corrected chi connectivity index (χ1v) is 6.46. The minimum Gasteiger partial charge on any atom is -0.349 e. The number of aromatic nitrogens is 1. The van der Waals surface area contributed by atoms with E-state index in [-0.39, 0.29) is 0 Å². The lowest BCUT2D eigenvalue weighted by molar-refractivity contribution is 0.745. The van der Waals surface area contributed by atoms with Crippen LogP contribution >= 0.6 is 15.9 Å². The van der Waals surface area contributed by atoms with E-state index in [4.69, 9.17) is 5.73 Å². The zero-order valence-corrected chi connectivity index (χ0v) is 11.1. The number of fused-ring (bicyclic) bond motifs is 1. The van der Waals surface area contributed by atoms with Crippen LogP contribution in [-0.2, 0) is 13.5 Å². The van der Waals surface area contributed by atoms with Gasteiger partial charge < -0.3 is 10.3 Å². The molecule has 0 unspecified atom stereocenters. The maximum Gasteiger partial charge on any atom is 0.0522 e. The molecule has 0 bridgehead atoms. The van der Waals surface area contributed by atoms with Crippen molar-refractivity contribution in [1.82, 2.24) is 4.57 Å². The van der Waals surface area contributed by atoms with Crippen molar-refractivity contribution in [2.45, 2.75) is 19.3 Å². The van der Waals surface area contributed by atoms with Gasteiger partial charge in [-0.2, -0.15) is 0 Å². The minimum absolute atomic E-state index is 0.785. The number of unbranched alkanes of at least 4 members (excludes halogenated alkanes) is 1. The van der Waals surface area contributed by atoms with Crippen LogP contribution in [0.4, 0.5) is 0 Å². The standard InChI is InChI=1S/C13H17BrN2/c1-16-9-12(14)11-7-4-6-10(13(11)16)5-2-3-8-15/h4,6-7,9H,2-3,5,8,15H2,1H3. The van der Waals surface area contributed by atoms with Gasteiger partial charge in [0.1, 0.15) is 0 Å². The quantitative estimate of drug-likeness (QED) is 0.857. The maximum atomic E-state index is 5.53. The zero-order chi connectivity index (χ0) is 11.5. The highest BCUT2D eigenvalue weighted by Gasteiger charge is 2.07. The normalized spacial score (nSPS) is 11.2. The van der Waals surface area contributed by atoms with Gasteiger partial charge in [0.15, 0.2) is 0 Å². The Bertz CT molecular complexity index is 488. The van der Waals surface area contributed by atoms with Gasteiger partial charge >= 0.3 is 0 Å². The minimum atomic E-state index is 0.785. The summed E-state index contributed by atoms with van der Waals surface area (Å²) in [6.45, 7) is 0.785. The molecule has 1 aromatic heterocycles. The summed E-state index contributed by atoms with van der Waals surface area (Å²) < 4.78 is 3.36. The van der Waals surface area contributed by atoms with Crippen molar-refractivity contribution in [2.24, 2.45) is 12.8 Å². The van der Waals surface area contributed by atoms with Gasteiger partial charge in [-0.1, -0.05) is 18.2 Å². The number of hydrogen-bond donors (Lipinski definition) is 1. The van der Waals surface area contributed by atoms with Gasteiger partial charge in [0.2, 0.25) is 0 Å². The second-order valence-corrected chi connectivity index (χ2v) is 5.00. The summed E-state index contributed by atoms with van der Waals surface area (Å²) in [7, 11) is 2.10. The Morgan fingerprint density at radius 2 is 2.12 bits per heavy atom. The smallest absolute Gasteiger partial charge is 0.0522 e.